The van der Waals surface area contributed by atoms with E-state index < -0.39 is 5.97 Å². The zero-order chi connectivity index (χ0) is 16.8. The number of nitrogens with zero attached hydrogens (tertiary/aromatic N) is 2. The number of amides is 1. The minimum absolute atomic E-state index is 0.130. The molecule has 0 bridgehead atoms. The Hall–Kier alpha value is -2.22. The van der Waals surface area contributed by atoms with E-state index in [0.29, 0.717) is 5.01 Å². The molecule has 0 saturated carbocycles. The fraction of sp³-hybridized carbons (Fsp3) is 0.467. The van der Waals surface area contributed by atoms with Crippen LogP contribution >= 0.6 is 11.3 Å². The molecule has 7 nitrogen and oxygen atoms in total. The van der Waals surface area contributed by atoms with Crippen molar-refractivity contribution in [2.45, 2.75) is 39.5 Å². The molecule has 0 aliphatic carbocycles. The summed E-state index contributed by atoms with van der Waals surface area (Å²) in [5, 5.41) is 17.9. The number of aromatic nitrogens is 2. The topological polar surface area (TPSA) is 105 Å². The number of aromatic carboxylic acids is 1. The van der Waals surface area contributed by atoms with Gasteiger partial charge < -0.3 is 9.63 Å². The van der Waals surface area contributed by atoms with Crippen molar-refractivity contribution in [1.29, 1.82) is 0 Å². The van der Waals surface area contributed by atoms with E-state index in [1.165, 1.54) is 11.3 Å². The average Bonchev–Trinajstić information content (AvgIpc) is 3.15. The second-order valence-electron chi connectivity index (χ2n) is 5.14. The van der Waals surface area contributed by atoms with Crippen LogP contribution in [-0.2, 0) is 4.79 Å². The average molecular weight is 337 g/mol. The Labute approximate surface area is 137 Å². The summed E-state index contributed by atoms with van der Waals surface area (Å²) in [6.45, 7) is 4.02. The summed E-state index contributed by atoms with van der Waals surface area (Å²) in [4.78, 5) is 27.9. The fourth-order valence-electron chi connectivity index (χ4n) is 2.38. The predicted molar refractivity (Wildman–Crippen MR) is 86.5 cm³/mol. The molecular formula is C15H19N3O4S. The molecule has 0 saturated heterocycles. The van der Waals surface area contributed by atoms with Crippen LogP contribution in [0.3, 0.4) is 0 Å². The van der Waals surface area contributed by atoms with Crippen molar-refractivity contribution in [3.63, 3.8) is 0 Å². The van der Waals surface area contributed by atoms with Gasteiger partial charge in [0.05, 0.1) is 0 Å². The minimum atomic E-state index is -1.21. The van der Waals surface area contributed by atoms with Crippen molar-refractivity contribution < 1.29 is 19.2 Å². The molecule has 0 atom stereocenters. The van der Waals surface area contributed by atoms with Crippen LogP contribution in [0, 0.1) is 5.92 Å². The Morgan fingerprint density at radius 1 is 1.35 bits per heavy atom. The molecule has 2 heterocycles. The van der Waals surface area contributed by atoms with Gasteiger partial charge in [0.1, 0.15) is 5.01 Å². The van der Waals surface area contributed by atoms with E-state index in [1.54, 1.807) is 11.6 Å². The molecule has 2 N–H and O–H groups in total. The molecule has 0 aliphatic rings. The van der Waals surface area contributed by atoms with Gasteiger partial charge in [0.2, 0.25) is 11.8 Å². The van der Waals surface area contributed by atoms with Crippen molar-refractivity contribution in [3.05, 3.63) is 17.1 Å². The molecule has 0 fully saturated rings. The summed E-state index contributed by atoms with van der Waals surface area (Å²) in [6, 6.07) is 0. The van der Waals surface area contributed by atoms with Gasteiger partial charge in [0.15, 0.2) is 11.3 Å². The molecular weight excluding hydrogens is 318 g/mol. The number of carboxylic acids is 1. The highest BCUT2D eigenvalue weighted by atomic mass is 32.1. The summed E-state index contributed by atoms with van der Waals surface area (Å²) in [6.07, 6.45) is 4.80. The summed E-state index contributed by atoms with van der Waals surface area (Å²) >= 11 is 1.25. The Morgan fingerprint density at radius 3 is 2.57 bits per heavy atom. The van der Waals surface area contributed by atoms with E-state index in [9.17, 15) is 14.7 Å². The molecule has 2 rings (SSSR count). The number of anilines is 1. The lowest BCUT2D eigenvalue weighted by Crippen LogP contribution is -2.23. The maximum Gasteiger partial charge on any atom is 0.343 e. The minimum Gasteiger partial charge on any atom is -0.477 e. The lowest BCUT2D eigenvalue weighted by Gasteiger charge is -2.13. The van der Waals surface area contributed by atoms with Crippen LogP contribution in [0.2, 0.25) is 0 Å². The first-order valence-electron chi connectivity index (χ1n) is 7.52. The highest BCUT2D eigenvalue weighted by molar-refractivity contribution is 7.13. The van der Waals surface area contributed by atoms with Crippen LogP contribution < -0.4 is 5.32 Å². The first kappa shape index (κ1) is 17.1. The monoisotopic (exact) mass is 337 g/mol. The van der Waals surface area contributed by atoms with Crippen molar-refractivity contribution in [2.24, 2.45) is 5.92 Å². The maximum atomic E-state index is 12.4. The number of thiazole rings is 1. The molecule has 0 aliphatic heterocycles. The third-order valence-electron chi connectivity index (χ3n) is 3.42. The van der Waals surface area contributed by atoms with Gasteiger partial charge in [-0.3, -0.25) is 10.1 Å². The van der Waals surface area contributed by atoms with Crippen LogP contribution in [0.25, 0.3) is 10.7 Å². The van der Waals surface area contributed by atoms with Crippen LogP contribution in [0.15, 0.2) is 16.1 Å². The summed E-state index contributed by atoms with van der Waals surface area (Å²) in [5.41, 5.74) is -0.0367. The van der Waals surface area contributed by atoms with Gasteiger partial charge in [0.25, 0.3) is 0 Å². The van der Waals surface area contributed by atoms with Gasteiger partial charge in [-0.05, 0) is 12.8 Å². The Morgan fingerprint density at radius 2 is 2.04 bits per heavy atom. The highest BCUT2D eigenvalue weighted by Gasteiger charge is 2.28. The number of carbonyl (C=O) groups excluding carboxylic acids is 1. The fourth-order valence-corrected chi connectivity index (χ4v) is 3.00. The van der Waals surface area contributed by atoms with Gasteiger partial charge in [-0.25, -0.2) is 9.78 Å². The predicted octanol–water partition coefficient (Wildman–Crippen LogP) is 3.65. The third kappa shape index (κ3) is 3.95. The molecule has 2 aromatic rings. The number of carboxylic acid groups (broad SMARTS) is 1. The summed E-state index contributed by atoms with van der Waals surface area (Å²) in [5.74, 6) is -1.75. The van der Waals surface area contributed by atoms with E-state index in [0.717, 1.165) is 25.7 Å². The van der Waals surface area contributed by atoms with E-state index in [-0.39, 0.29) is 29.0 Å². The largest absolute Gasteiger partial charge is 0.477 e. The van der Waals surface area contributed by atoms with Gasteiger partial charge >= 0.3 is 5.97 Å². The molecule has 1 amide bonds. The lowest BCUT2D eigenvalue weighted by atomic mass is 9.97. The first-order chi connectivity index (χ1) is 11.1. The third-order valence-corrected chi connectivity index (χ3v) is 4.20. The molecule has 2 aromatic heterocycles. The molecule has 124 valence electrons. The van der Waals surface area contributed by atoms with Gasteiger partial charge in [-0.15, -0.1) is 11.3 Å². The van der Waals surface area contributed by atoms with Gasteiger partial charge in [-0.2, -0.15) is 0 Å². The molecule has 0 spiro atoms. The van der Waals surface area contributed by atoms with Gasteiger partial charge in [0, 0.05) is 17.5 Å². The first-order valence-corrected chi connectivity index (χ1v) is 8.40. The lowest BCUT2D eigenvalue weighted by molar-refractivity contribution is -0.120. The second-order valence-corrected chi connectivity index (χ2v) is 6.04. The van der Waals surface area contributed by atoms with Crippen molar-refractivity contribution in [3.8, 4) is 10.7 Å². The van der Waals surface area contributed by atoms with Crippen LogP contribution in [-0.4, -0.2) is 27.1 Å². The Bertz CT molecular complexity index is 660. The summed E-state index contributed by atoms with van der Waals surface area (Å²) in [7, 11) is 0. The highest BCUT2D eigenvalue weighted by Crippen LogP contribution is 2.30. The number of hydrogen-bond donors (Lipinski definition) is 2. The zero-order valence-electron chi connectivity index (χ0n) is 13.0. The van der Waals surface area contributed by atoms with Crippen LogP contribution in [0.1, 0.15) is 49.9 Å². The van der Waals surface area contributed by atoms with E-state index in [2.05, 4.69) is 15.5 Å². The van der Waals surface area contributed by atoms with E-state index in [1.807, 2.05) is 13.8 Å². The normalized spacial score (nSPS) is 10.9. The number of nitrogens with one attached hydrogen (secondary N) is 1. The standard InChI is InChI=1S/C15H19N3O4S/c1-3-5-9(6-4-2)12(19)17-13-10(15(20)21)11(18-22-13)14-16-7-8-23-14/h7-9H,3-6H2,1-2H3,(H,17,19)(H,20,21). The molecule has 8 heteroatoms. The maximum absolute atomic E-state index is 12.4. The van der Waals surface area contributed by atoms with E-state index >= 15 is 0 Å². The van der Waals surface area contributed by atoms with Crippen LogP contribution in [0.5, 0.6) is 0 Å². The van der Waals surface area contributed by atoms with Gasteiger partial charge in [-0.1, -0.05) is 31.8 Å². The number of carbonyl (C=O) groups is 2. The Balaban J connectivity index is 2.26. The molecule has 0 aromatic carbocycles. The zero-order valence-corrected chi connectivity index (χ0v) is 13.9. The summed E-state index contributed by atoms with van der Waals surface area (Å²) < 4.78 is 5.06. The van der Waals surface area contributed by atoms with E-state index in [4.69, 9.17) is 4.52 Å². The van der Waals surface area contributed by atoms with Crippen LogP contribution in [0.4, 0.5) is 5.88 Å². The van der Waals surface area contributed by atoms with Crippen molar-refractivity contribution >= 4 is 29.1 Å². The smallest absolute Gasteiger partial charge is 0.343 e. The SMILES string of the molecule is CCCC(CCC)C(=O)Nc1onc(-c2nccs2)c1C(=O)O. The molecule has 23 heavy (non-hydrogen) atoms. The second kappa shape index (κ2) is 7.87. The number of hydrogen-bond acceptors (Lipinski definition) is 6. The van der Waals surface area contributed by atoms with Crippen molar-refractivity contribution in [2.75, 3.05) is 5.32 Å². The van der Waals surface area contributed by atoms with Crippen molar-refractivity contribution in [1.82, 2.24) is 10.1 Å². The quantitative estimate of drug-likeness (QED) is 0.761. The Kier molecular flexibility index (Phi) is 5.86. The number of rotatable bonds is 8. The molecule has 0 radical (unpaired) electrons. The molecule has 0 unspecified atom stereocenters.